The van der Waals surface area contributed by atoms with Gasteiger partial charge in [0.2, 0.25) is 9.05 Å². The van der Waals surface area contributed by atoms with Crippen molar-refractivity contribution >= 4 is 19.7 Å². The van der Waals surface area contributed by atoms with Gasteiger partial charge in [-0.1, -0.05) is 0 Å². The molecule has 1 atom stereocenters. The van der Waals surface area contributed by atoms with Crippen molar-refractivity contribution in [1.29, 1.82) is 0 Å². The highest BCUT2D eigenvalue weighted by molar-refractivity contribution is 8.13. The Balaban J connectivity index is 3.06. The zero-order valence-electron chi connectivity index (χ0n) is 8.28. The second-order valence-electron chi connectivity index (χ2n) is 3.47. The molecule has 0 aromatic heterocycles. The topological polar surface area (TPSA) is 120 Å². The Hall–Kier alpha value is -1.48. The third kappa shape index (κ3) is 3.24. The van der Waals surface area contributed by atoms with E-state index in [2.05, 4.69) is 0 Å². The lowest BCUT2D eigenvalue weighted by Crippen LogP contribution is -2.43. The van der Waals surface area contributed by atoms with E-state index in [-0.39, 0.29) is 5.70 Å². The number of nitrogens with zero attached hydrogens (tertiary/aromatic N) is 2. The Morgan fingerprint density at radius 3 is 2.29 bits per heavy atom. The predicted molar refractivity (Wildman–Crippen MR) is 58.2 cm³/mol. The van der Waals surface area contributed by atoms with Gasteiger partial charge < -0.3 is 0 Å². The van der Waals surface area contributed by atoms with Gasteiger partial charge in [0.25, 0.3) is 11.2 Å². The average Bonchev–Trinajstić information content (AvgIpc) is 2.15. The molecule has 0 amide bonds. The van der Waals surface area contributed by atoms with Crippen molar-refractivity contribution in [2.45, 2.75) is 12.0 Å². The molecule has 0 aliphatic heterocycles. The van der Waals surface area contributed by atoms with Crippen LogP contribution < -0.4 is 0 Å². The zero-order chi connectivity index (χ0) is 13.3. The van der Waals surface area contributed by atoms with Gasteiger partial charge in [-0.25, -0.2) is 8.42 Å². The van der Waals surface area contributed by atoms with Gasteiger partial charge in [0.05, 0.1) is 4.92 Å². The molecule has 0 saturated heterocycles. The van der Waals surface area contributed by atoms with Gasteiger partial charge in [-0.15, -0.1) is 0 Å². The maximum atomic E-state index is 10.9. The maximum absolute atomic E-state index is 10.9. The lowest BCUT2D eigenvalue weighted by atomic mass is 9.93. The zero-order valence-corrected chi connectivity index (χ0v) is 9.85. The number of hydrogen-bond acceptors (Lipinski definition) is 6. The van der Waals surface area contributed by atoms with Gasteiger partial charge >= 0.3 is 0 Å². The van der Waals surface area contributed by atoms with Crippen LogP contribution in [-0.2, 0) is 9.05 Å². The normalized spacial score (nSPS) is 24.2. The molecule has 1 rings (SSSR count). The molecule has 17 heavy (non-hydrogen) atoms. The first-order chi connectivity index (χ1) is 7.66. The third-order valence-corrected chi connectivity index (χ3v) is 3.40. The third-order valence-electron chi connectivity index (χ3n) is 2.23. The highest BCUT2D eigenvalue weighted by Gasteiger charge is 2.46. The van der Waals surface area contributed by atoms with E-state index >= 15 is 0 Å². The molecule has 0 spiro atoms. The molecule has 0 heterocycles. The lowest BCUT2D eigenvalue weighted by molar-refractivity contribution is -0.548. The lowest BCUT2D eigenvalue weighted by Gasteiger charge is -2.20. The summed E-state index contributed by atoms with van der Waals surface area (Å²) < 4.78 is 21.8. The average molecular weight is 283 g/mol. The van der Waals surface area contributed by atoms with Crippen LogP contribution in [0.15, 0.2) is 23.9 Å². The van der Waals surface area contributed by atoms with E-state index in [1.54, 1.807) is 0 Å². The summed E-state index contributed by atoms with van der Waals surface area (Å²) >= 11 is 0. The fourth-order valence-electron chi connectivity index (χ4n) is 1.39. The second-order valence-corrected chi connectivity index (χ2v) is 6.24. The standard InChI is InChI=1S/C7H7ClN2O6S/c8-17(15,16)5-7(10(13)14)3-1-6(2-4-7)9(11)12/h1-3H,4-5H2. The van der Waals surface area contributed by atoms with Crippen LogP contribution in [0.4, 0.5) is 0 Å². The van der Waals surface area contributed by atoms with E-state index in [9.17, 15) is 28.6 Å². The molecule has 1 aliphatic carbocycles. The maximum Gasteiger partial charge on any atom is 0.265 e. The molecular weight excluding hydrogens is 276 g/mol. The van der Waals surface area contributed by atoms with Crippen LogP contribution in [-0.4, -0.2) is 29.6 Å². The van der Waals surface area contributed by atoms with Crippen molar-refractivity contribution in [3.05, 3.63) is 44.2 Å². The van der Waals surface area contributed by atoms with Gasteiger partial charge in [0.1, 0.15) is 5.75 Å². The number of nitro groups is 2. The van der Waals surface area contributed by atoms with E-state index in [1.165, 1.54) is 0 Å². The Morgan fingerprint density at radius 2 is 2.00 bits per heavy atom. The summed E-state index contributed by atoms with van der Waals surface area (Å²) in [5.41, 5.74) is -2.24. The number of hydrogen-bond donors (Lipinski definition) is 0. The van der Waals surface area contributed by atoms with Crippen molar-refractivity contribution < 1.29 is 18.3 Å². The van der Waals surface area contributed by atoms with Crippen molar-refractivity contribution in [2.24, 2.45) is 0 Å². The molecule has 1 aliphatic rings. The van der Waals surface area contributed by atoms with E-state index in [0.29, 0.717) is 0 Å². The van der Waals surface area contributed by atoms with Gasteiger partial charge in [0.15, 0.2) is 0 Å². The molecule has 0 bridgehead atoms. The fraction of sp³-hybridized carbons (Fsp3) is 0.429. The van der Waals surface area contributed by atoms with Crippen LogP contribution >= 0.6 is 10.7 Å². The molecule has 94 valence electrons. The first kappa shape index (κ1) is 13.6. The number of allylic oxidation sites excluding steroid dienone is 1. The van der Waals surface area contributed by atoms with Gasteiger partial charge in [-0.3, -0.25) is 20.2 Å². The van der Waals surface area contributed by atoms with Crippen LogP contribution in [0, 0.1) is 20.2 Å². The van der Waals surface area contributed by atoms with Crippen LogP contribution in [0.25, 0.3) is 0 Å². The smallest absolute Gasteiger partial charge is 0.264 e. The van der Waals surface area contributed by atoms with E-state index in [4.69, 9.17) is 10.7 Å². The number of halogens is 1. The van der Waals surface area contributed by atoms with Gasteiger partial charge in [-0.05, 0) is 0 Å². The minimum atomic E-state index is -4.08. The van der Waals surface area contributed by atoms with Crippen LogP contribution in [0.5, 0.6) is 0 Å². The first-order valence-electron chi connectivity index (χ1n) is 4.27. The highest BCUT2D eigenvalue weighted by Crippen LogP contribution is 2.27. The van der Waals surface area contributed by atoms with Crippen molar-refractivity contribution in [2.75, 3.05) is 5.75 Å². The molecule has 0 saturated carbocycles. The molecule has 0 N–H and O–H groups in total. The van der Waals surface area contributed by atoms with Crippen molar-refractivity contribution in [1.82, 2.24) is 0 Å². The van der Waals surface area contributed by atoms with E-state index < -0.39 is 36.6 Å². The Morgan fingerprint density at radius 1 is 1.41 bits per heavy atom. The molecule has 0 aromatic rings. The van der Waals surface area contributed by atoms with E-state index in [0.717, 1.165) is 18.2 Å². The predicted octanol–water partition coefficient (Wildman–Crippen LogP) is 0.691. The quantitative estimate of drug-likeness (QED) is 0.425. The second kappa shape index (κ2) is 4.41. The Bertz CT molecular complexity index is 524. The number of rotatable bonds is 4. The molecule has 0 fully saturated rings. The first-order valence-corrected chi connectivity index (χ1v) is 6.75. The summed E-state index contributed by atoms with van der Waals surface area (Å²) in [5.74, 6) is -0.910. The Kier molecular flexibility index (Phi) is 3.53. The largest absolute Gasteiger partial charge is 0.265 e. The summed E-state index contributed by atoms with van der Waals surface area (Å²) in [4.78, 5) is 19.7. The summed E-state index contributed by atoms with van der Waals surface area (Å²) in [7, 11) is 0.894. The minimum absolute atomic E-state index is 0.311. The van der Waals surface area contributed by atoms with Gasteiger partial charge in [0, 0.05) is 40.3 Å². The van der Waals surface area contributed by atoms with Crippen LogP contribution in [0.1, 0.15) is 6.42 Å². The Labute approximate surface area is 100 Å². The monoisotopic (exact) mass is 282 g/mol. The highest BCUT2D eigenvalue weighted by atomic mass is 35.7. The minimum Gasteiger partial charge on any atom is -0.264 e. The van der Waals surface area contributed by atoms with Crippen molar-refractivity contribution in [3.8, 4) is 0 Å². The summed E-state index contributed by atoms with van der Waals surface area (Å²) in [6.07, 6.45) is 2.42. The van der Waals surface area contributed by atoms with Crippen LogP contribution in [0.2, 0.25) is 0 Å². The summed E-state index contributed by atoms with van der Waals surface area (Å²) in [6, 6.07) is 0. The summed E-state index contributed by atoms with van der Waals surface area (Å²) in [5, 5.41) is 21.3. The molecule has 1 unspecified atom stereocenters. The van der Waals surface area contributed by atoms with E-state index in [1.807, 2.05) is 0 Å². The summed E-state index contributed by atoms with van der Waals surface area (Å²) in [6.45, 7) is 0. The SMILES string of the molecule is O=[N+]([O-])C1=CCC(CS(=O)(=O)Cl)([N+](=O)[O-])C=C1. The molecule has 10 heteroatoms. The molecule has 8 nitrogen and oxygen atoms in total. The van der Waals surface area contributed by atoms with Gasteiger partial charge in [-0.2, -0.15) is 0 Å². The molecular formula is C7H7ClN2O6S. The molecule has 0 aromatic carbocycles. The fourth-order valence-corrected chi connectivity index (χ4v) is 2.87. The van der Waals surface area contributed by atoms with Crippen molar-refractivity contribution in [3.63, 3.8) is 0 Å². The van der Waals surface area contributed by atoms with Crippen LogP contribution in [0.3, 0.4) is 0 Å². The molecule has 0 radical (unpaired) electrons.